The molecule has 10 heavy (non-hydrogen) atoms. The second kappa shape index (κ2) is 2.56. The third kappa shape index (κ3) is 1.18. The van der Waals surface area contributed by atoms with Crippen molar-refractivity contribution in [1.29, 1.82) is 0 Å². The Morgan fingerprint density at radius 2 is 2.20 bits per heavy atom. The minimum atomic E-state index is -0.299. The van der Waals surface area contributed by atoms with Crippen LogP contribution < -0.4 is 10.5 Å². The molecule has 0 unspecified atom stereocenters. The van der Waals surface area contributed by atoms with Gasteiger partial charge in [-0.05, 0) is 12.1 Å². The molecule has 54 valence electrons. The van der Waals surface area contributed by atoms with Gasteiger partial charge < -0.3 is 9.32 Å². The van der Waals surface area contributed by atoms with E-state index in [-0.39, 0.29) is 5.63 Å². The maximum Gasteiger partial charge on any atom is 0.359 e. The standard InChI is InChI=1S/C7H9NO2/c1-8(2)6-4-3-5-10-7(6)9/h3-5H,1-2H3. The lowest BCUT2D eigenvalue weighted by atomic mass is 10.4. The lowest BCUT2D eigenvalue weighted by Gasteiger charge is -2.08. The first-order chi connectivity index (χ1) is 4.72. The van der Waals surface area contributed by atoms with Gasteiger partial charge in [0.05, 0.1) is 6.26 Å². The topological polar surface area (TPSA) is 33.5 Å². The van der Waals surface area contributed by atoms with Crippen molar-refractivity contribution in [3.8, 4) is 0 Å². The second-order valence-corrected chi connectivity index (χ2v) is 2.18. The minimum absolute atomic E-state index is 0.299. The van der Waals surface area contributed by atoms with E-state index in [0.29, 0.717) is 5.69 Å². The molecule has 1 rings (SSSR count). The third-order valence-electron chi connectivity index (χ3n) is 1.20. The first kappa shape index (κ1) is 6.86. The van der Waals surface area contributed by atoms with E-state index in [2.05, 4.69) is 4.42 Å². The molecule has 0 spiro atoms. The molecular weight excluding hydrogens is 130 g/mol. The molecular formula is C7H9NO2. The zero-order valence-electron chi connectivity index (χ0n) is 6.00. The van der Waals surface area contributed by atoms with Gasteiger partial charge in [-0.3, -0.25) is 0 Å². The van der Waals surface area contributed by atoms with Crippen molar-refractivity contribution >= 4 is 5.69 Å². The predicted molar refractivity (Wildman–Crippen MR) is 39.3 cm³/mol. The summed E-state index contributed by atoms with van der Waals surface area (Å²) in [5.74, 6) is 0. The van der Waals surface area contributed by atoms with Crippen LogP contribution in [0.5, 0.6) is 0 Å². The SMILES string of the molecule is CN(C)c1cccoc1=O. The van der Waals surface area contributed by atoms with Crippen molar-refractivity contribution in [1.82, 2.24) is 0 Å². The van der Waals surface area contributed by atoms with Gasteiger partial charge in [-0.25, -0.2) is 4.79 Å². The zero-order chi connectivity index (χ0) is 7.56. The number of nitrogens with zero attached hydrogens (tertiary/aromatic N) is 1. The van der Waals surface area contributed by atoms with Gasteiger partial charge in [-0.2, -0.15) is 0 Å². The number of hydrogen-bond acceptors (Lipinski definition) is 3. The van der Waals surface area contributed by atoms with Crippen molar-refractivity contribution in [3.63, 3.8) is 0 Å². The Balaban J connectivity index is 3.16. The van der Waals surface area contributed by atoms with E-state index in [1.807, 2.05) is 0 Å². The molecule has 0 bridgehead atoms. The van der Waals surface area contributed by atoms with Gasteiger partial charge in [0, 0.05) is 14.1 Å². The number of rotatable bonds is 1. The van der Waals surface area contributed by atoms with Crippen LogP contribution in [0.2, 0.25) is 0 Å². The molecule has 0 N–H and O–H groups in total. The Bertz CT molecular complexity index is 264. The fourth-order valence-corrected chi connectivity index (χ4v) is 0.692. The Morgan fingerprint density at radius 3 is 2.60 bits per heavy atom. The van der Waals surface area contributed by atoms with Gasteiger partial charge in [0.1, 0.15) is 5.69 Å². The Morgan fingerprint density at radius 1 is 1.50 bits per heavy atom. The Labute approximate surface area is 58.9 Å². The van der Waals surface area contributed by atoms with Crippen LogP contribution >= 0.6 is 0 Å². The average molecular weight is 139 g/mol. The van der Waals surface area contributed by atoms with Crippen LogP contribution in [-0.4, -0.2) is 14.1 Å². The summed E-state index contributed by atoms with van der Waals surface area (Å²) in [7, 11) is 3.60. The van der Waals surface area contributed by atoms with E-state index in [1.54, 1.807) is 31.1 Å². The normalized spacial score (nSPS) is 9.40. The number of hydrogen-bond donors (Lipinski definition) is 0. The first-order valence-electron chi connectivity index (χ1n) is 2.97. The highest BCUT2D eigenvalue weighted by Gasteiger charge is 1.98. The molecule has 1 heterocycles. The van der Waals surface area contributed by atoms with Gasteiger partial charge in [-0.15, -0.1) is 0 Å². The summed E-state index contributed by atoms with van der Waals surface area (Å²) in [6.07, 6.45) is 1.37. The minimum Gasteiger partial charge on any atom is -0.430 e. The second-order valence-electron chi connectivity index (χ2n) is 2.18. The summed E-state index contributed by atoms with van der Waals surface area (Å²) in [6, 6.07) is 3.41. The van der Waals surface area contributed by atoms with Crippen LogP contribution in [0.4, 0.5) is 5.69 Å². The van der Waals surface area contributed by atoms with E-state index in [1.165, 1.54) is 6.26 Å². The highest BCUT2D eigenvalue weighted by Crippen LogP contribution is 2.00. The maximum atomic E-state index is 10.9. The number of anilines is 1. The van der Waals surface area contributed by atoms with Crippen LogP contribution in [-0.2, 0) is 0 Å². The summed E-state index contributed by atoms with van der Waals surface area (Å²) in [5, 5.41) is 0. The molecule has 3 heteroatoms. The smallest absolute Gasteiger partial charge is 0.359 e. The summed E-state index contributed by atoms with van der Waals surface area (Å²) in [5.41, 5.74) is 0.273. The fourth-order valence-electron chi connectivity index (χ4n) is 0.692. The van der Waals surface area contributed by atoms with Crippen LogP contribution in [0.1, 0.15) is 0 Å². The summed E-state index contributed by atoms with van der Waals surface area (Å²) >= 11 is 0. The molecule has 1 aromatic rings. The van der Waals surface area contributed by atoms with E-state index in [4.69, 9.17) is 0 Å². The molecule has 0 amide bonds. The molecule has 0 aliphatic carbocycles. The van der Waals surface area contributed by atoms with Crippen molar-refractivity contribution in [2.45, 2.75) is 0 Å². The highest BCUT2D eigenvalue weighted by molar-refractivity contribution is 5.40. The first-order valence-corrected chi connectivity index (χ1v) is 2.97. The largest absolute Gasteiger partial charge is 0.430 e. The molecule has 0 fully saturated rings. The van der Waals surface area contributed by atoms with E-state index in [9.17, 15) is 4.79 Å². The van der Waals surface area contributed by atoms with Gasteiger partial charge in [0.25, 0.3) is 0 Å². The molecule has 1 aromatic heterocycles. The van der Waals surface area contributed by atoms with Gasteiger partial charge in [-0.1, -0.05) is 0 Å². The maximum absolute atomic E-state index is 10.9. The lowest BCUT2D eigenvalue weighted by molar-refractivity contribution is 0.511. The van der Waals surface area contributed by atoms with Crippen LogP contribution in [0.3, 0.4) is 0 Å². The van der Waals surface area contributed by atoms with Crippen LogP contribution in [0, 0.1) is 0 Å². The van der Waals surface area contributed by atoms with Gasteiger partial charge in [0.15, 0.2) is 0 Å². The molecule has 0 aliphatic heterocycles. The Kier molecular flexibility index (Phi) is 1.76. The van der Waals surface area contributed by atoms with Crippen LogP contribution in [0.15, 0.2) is 27.6 Å². The van der Waals surface area contributed by atoms with Crippen molar-refractivity contribution in [2.75, 3.05) is 19.0 Å². The molecule has 0 aliphatic rings. The van der Waals surface area contributed by atoms with E-state index < -0.39 is 0 Å². The third-order valence-corrected chi connectivity index (χ3v) is 1.20. The van der Waals surface area contributed by atoms with Gasteiger partial charge >= 0.3 is 5.63 Å². The molecule has 0 radical (unpaired) electrons. The molecule has 0 saturated heterocycles. The van der Waals surface area contributed by atoms with E-state index in [0.717, 1.165) is 0 Å². The molecule has 0 atom stereocenters. The lowest BCUT2D eigenvalue weighted by Crippen LogP contribution is -2.17. The molecule has 0 aromatic carbocycles. The summed E-state index contributed by atoms with van der Waals surface area (Å²) in [6.45, 7) is 0. The Hall–Kier alpha value is -1.25. The van der Waals surface area contributed by atoms with Crippen LogP contribution in [0.25, 0.3) is 0 Å². The van der Waals surface area contributed by atoms with Crippen molar-refractivity contribution in [2.24, 2.45) is 0 Å². The monoisotopic (exact) mass is 139 g/mol. The highest BCUT2D eigenvalue weighted by atomic mass is 16.4. The zero-order valence-corrected chi connectivity index (χ0v) is 6.00. The van der Waals surface area contributed by atoms with E-state index >= 15 is 0 Å². The summed E-state index contributed by atoms with van der Waals surface area (Å²) in [4.78, 5) is 12.6. The predicted octanol–water partition coefficient (Wildman–Crippen LogP) is 0.706. The molecule has 0 saturated carbocycles. The van der Waals surface area contributed by atoms with Crippen molar-refractivity contribution in [3.05, 3.63) is 28.8 Å². The quantitative estimate of drug-likeness (QED) is 0.574. The van der Waals surface area contributed by atoms with Crippen molar-refractivity contribution < 1.29 is 4.42 Å². The summed E-state index contributed by atoms with van der Waals surface area (Å²) < 4.78 is 4.62. The molecule has 3 nitrogen and oxygen atoms in total. The fraction of sp³-hybridized carbons (Fsp3) is 0.286. The average Bonchev–Trinajstić information content (AvgIpc) is 1.88. The van der Waals surface area contributed by atoms with Gasteiger partial charge in [0.2, 0.25) is 0 Å².